The van der Waals surface area contributed by atoms with Crippen molar-refractivity contribution in [3.05, 3.63) is 79.9 Å². The highest BCUT2D eigenvalue weighted by molar-refractivity contribution is 8.02. The molecule has 0 aliphatic heterocycles. The molecule has 0 aliphatic carbocycles. The van der Waals surface area contributed by atoms with Crippen LogP contribution < -0.4 is 0 Å². The van der Waals surface area contributed by atoms with Crippen LogP contribution in [0.2, 0.25) is 0 Å². The van der Waals surface area contributed by atoms with Crippen LogP contribution in [0.1, 0.15) is 11.1 Å². The van der Waals surface area contributed by atoms with E-state index in [0.29, 0.717) is 31.3 Å². The van der Waals surface area contributed by atoms with Gasteiger partial charge in [0.2, 0.25) is 0 Å². The summed E-state index contributed by atoms with van der Waals surface area (Å²) < 4.78 is 1.39. The Bertz CT molecular complexity index is 904. The van der Waals surface area contributed by atoms with Crippen molar-refractivity contribution in [2.24, 2.45) is 0 Å². The first-order chi connectivity index (χ1) is 13.0. The molecule has 1 heterocycles. The van der Waals surface area contributed by atoms with Gasteiger partial charge in [0.25, 0.3) is 11.4 Å². The van der Waals surface area contributed by atoms with Crippen LogP contribution in [-0.4, -0.2) is 20.0 Å². The van der Waals surface area contributed by atoms with E-state index in [9.17, 15) is 20.2 Å². The second-order valence-electron chi connectivity index (χ2n) is 5.18. The molecule has 8 nitrogen and oxygen atoms in total. The minimum atomic E-state index is -0.399. The Hall–Kier alpha value is -2.50. The van der Waals surface area contributed by atoms with E-state index in [1.807, 2.05) is 0 Å². The predicted molar refractivity (Wildman–Crippen MR) is 105 cm³/mol. The summed E-state index contributed by atoms with van der Waals surface area (Å²) in [6.07, 6.45) is 0. The molecule has 0 saturated carbocycles. The predicted octanol–water partition coefficient (Wildman–Crippen LogP) is 4.94. The van der Waals surface area contributed by atoms with Crippen molar-refractivity contribution < 1.29 is 9.85 Å². The quantitative estimate of drug-likeness (QED) is 0.286. The van der Waals surface area contributed by atoms with Crippen LogP contribution in [0.5, 0.6) is 0 Å². The summed E-state index contributed by atoms with van der Waals surface area (Å²) in [6.45, 7) is 0. The third kappa shape index (κ3) is 5.02. The van der Waals surface area contributed by atoms with Gasteiger partial charge in [-0.25, -0.2) is 0 Å². The molecule has 0 fully saturated rings. The average molecular weight is 420 g/mol. The monoisotopic (exact) mass is 420 g/mol. The molecule has 1 aromatic heterocycles. The summed E-state index contributed by atoms with van der Waals surface area (Å²) in [5, 5.41) is 30.3. The first-order valence-corrected chi connectivity index (χ1v) is 10.4. The van der Waals surface area contributed by atoms with Gasteiger partial charge >= 0.3 is 0 Å². The fourth-order valence-electron chi connectivity index (χ4n) is 2.21. The summed E-state index contributed by atoms with van der Waals surface area (Å²) in [7, 11) is 0. The van der Waals surface area contributed by atoms with E-state index in [1.54, 1.807) is 36.4 Å². The number of hydrogen-bond donors (Lipinski definition) is 0. The average Bonchev–Trinajstić information content (AvgIpc) is 3.13. The van der Waals surface area contributed by atoms with E-state index in [2.05, 4.69) is 10.2 Å². The number of aromatic nitrogens is 2. The summed E-state index contributed by atoms with van der Waals surface area (Å²) in [4.78, 5) is 21.3. The summed E-state index contributed by atoms with van der Waals surface area (Å²) in [6, 6.07) is 13.2. The van der Waals surface area contributed by atoms with Gasteiger partial charge in [-0.2, -0.15) is 0 Å². The first kappa shape index (κ1) is 19.3. The molecule has 0 atom stereocenters. The summed E-state index contributed by atoms with van der Waals surface area (Å²) in [5.74, 6) is 0.835. The van der Waals surface area contributed by atoms with Crippen molar-refractivity contribution >= 4 is 46.2 Å². The van der Waals surface area contributed by atoms with Crippen LogP contribution in [0.25, 0.3) is 0 Å². The Morgan fingerprint density at radius 1 is 0.778 bits per heavy atom. The normalized spacial score (nSPS) is 10.7. The van der Waals surface area contributed by atoms with Gasteiger partial charge in [0, 0.05) is 34.8 Å². The molecule has 0 saturated heterocycles. The van der Waals surface area contributed by atoms with Crippen LogP contribution in [0.3, 0.4) is 0 Å². The lowest BCUT2D eigenvalue weighted by molar-refractivity contribution is -0.385. The fraction of sp³-hybridized carbons (Fsp3) is 0.125. The van der Waals surface area contributed by atoms with Gasteiger partial charge in [-0.05, 0) is 0 Å². The van der Waals surface area contributed by atoms with Gasteiger partial charge in [0.05, 0.1) is 9.85 Å². The SMILES string of the molecule is O=[N+]([O-])c1ccccc1CSc1nnc(SCc2ccccc2[N+](=O)[O-])s1. The maximum Gasteiger partial charge on any atom is 0.273 e. The molecule has 0 unspecified atom stereocenters. The fourth-order valence-corrected chi connectivity index (χ4v) is 5.23. The number of benzene rings is 2. The van der Waals surface area contributed by atoms with Gasteiger partial charge in [-0.15, -0.1) is 10.2 Å². The Kier molecular flexibility index (Phi) is 6.37. The molecular formula is C16H12N4O4S3. The number of hydrogen-bond acceptors (Lipinski definition) is 9. The Labute approximate surface area is 166 Å². The molecule has 2 aromatic carbocycles. The van der Waals surface area contributed by atoms with E-state index in [4.69, 9.17) is 0 Å². The van der Waals surface area contributed by atoms with Crippen LogP contribution in [0.4, 0.5) is 11.4 Å². The van der Waals surface area contributed by atoms with Crippen LogP contribution >= 0.6 is 34.9 Å². The lowest BCUT2D eigenvalue weighted by Crippen LogP contribution is -1.93. The van der Waals surface area contributed by atoms with Crippen molar-refractivity contribution in [3.63, 3.8) is 0 Å². The standard InChI is InChI=1S/C16H12N4O4S3/c21-19(22)13-7-3-1-5-11(13)9-25-15-17-18-16(27-15)26-10-12-6-2-4-8-14(12)20(23)24/h1-8H,9-10H2. The van der Waals surface area contributed by atoms with Gasteiger partial charge in [-0.1, -0.05) is 71.3 Å². The molecule has 11 heteroatoms. The van der Waals surface area contributed by atoms with Crippen molar-refractivity contribution in [2.75, 3.05) is 0 Å². The molecule has 3 rings (SSSR count). The van der Waals surface area contributed by atoms with Gasteiger partial charge in [-0.3, -0.25) is 20.2 Å². The van der Waals surface area contributed by atoms with Gasteiger partial charge < -0.3 is 0 Å². The van der Waals surface area contributed by atoms with E-state index in [1.165, 1.54) is 47.0 Å². The number of nitro benzene ring substituents is 2. The smallest absolute Gasteiger partial charge is 0.258 e. The summed E-state index contributed by atoms with van der Waals surface area (Å²) >= 11 is 4.11. The van der Waals surface area contributed by atoms with Crippen molar-refractivity contribution in [1.82, 2.24) is 10.2 Å². The molecule has 0 radical (unpaired) electrons. The topological polar surface area (TPSA) is 112 Å². The minimum Gasteiger partial charge on any atom is -0.258 e. The number of thioether (sulfide) groups is 2. The lowest BCUT2D eigenvalue weighted by Gasteiger charge is -2.00. The van der Waals surface area contributed by atoms with Crippen molar-refractivity contribution in [3.8, 4) is 0 Å². The minimum absolute atomic E-state index is 0.0838. The van der Waals surface area contributed by atoms with E-state index in [-0.39, 0.29) is 11.4 Å². The zero-order valence-corrected chi connectivity index (χ0v) is 16.1. The second-order valence-corrected chi connectivity index (χ2v) is 8.61. The summed E-state index contributed by atoms with van der Waals surface area (Å²) in [5.41, 5.74) is 1.41. The van der Waals surface area contributed by atoms with Crippen molar-refractivity contribution in [2.45, 2.75) is 20.2 Å². The molecule has 3 aromatic rings. The first-order valence-electron chi connectivity index (χ1n) is 7.58. The lowest BCUT2D eigenvalue weighted by atomic mass is 10.2. The Morgan fingerprint density at radius 2 is 1.19 bits per heavy atom. The zero-order chi connectivity index (χ0) is 19.2. The third-order valence-electron chi connectivity index (χ3n) is 3.47. The van der Waals surface area contributed by atoms with E-state index < -0.39 is 9.85 Å². The highest BCUT2D eigenvalue weighted by Gasteiger charge is 2.15. The molecule has 0 bridgehead atoms. The number of rotatable bonds is 8. The molecule has 138 valence electrons. The maximum absolute atomic E-state index is 11.1. The maximum atomic E-state index is 11.1. The molecule has 0 amide bonds. The van der Waals surface area contributed by atoms with Crippen LogP contribution in [0.15, 0.2) is 57.2 Å². The molecule has 0 N–H and O–H groups in total. The zero-order valence-electron chi connectivity index (χ0n) is 13.7. The Balaban J connectivity index is 1.61. The number of nitrogens with zero attached hydrogens (tertiary/aromatic N) is 4. The Morgan fingerprint density at radius 3 is 1.59 bits per heavy atom. The molecular weight excluding hydrogens is 408 g/mol. The molecule has 0 aliphatic rings. The highest BCUT2D eigenvalue weighted by atomic mass is 32.2. The number of nitro groups is 2. The van der Waals surface area contributed by atoms with Crippen LogP contribution in [-0.2, 0) is 11.5 Å². The second kappa shape index (κ2) is 8.93. The highest BCUT2D eigenvalue weighted by Crippen LogP contribution is 2.34. The molecule has 0 spiro atoms. The van der Waals surface area contributed by atoms with E-state index in [0.717, 1.165) is 0 Å². The van der Waals surface area contributed by atoms with Gasteiger partial charge in [0.15, 0.2) is 8.68 Å². The van der Waals surface area contributed by atoms with E-state index >= 15 is 0 Å². The van der Waals surface area contributed by atoms with Crippen LogP contribution in [0, 0.1) is 20.2 Å². The third-order valence-corrected chi connectivity index (χ3v) is 6.75. The largest absolute Gasteiger partial charge is 0.273 e. The van der Waals surface area contributed by atoms with Gasteiger partial charge in [0.1, 0.15) is 0 Å². The number of para-hydroxylation sites is 2. The molecule has 27 heavy (non-hydrogen) atoms. The van der Waals surface area contributed by atoms with Crippen molar-refractivity contribution in [1.29, 1.82) is 0 Å².